The summed E-state index contributed by atoms with van der Waals surface area (Å²) in [4.78, 5) is 23.7. The zero-order valence-electron chi connectivity index (χ0n) is 12.5. The van der Waals surface area contributed by atoms with Crippen molar-refractivity contribution in [2.75, 3.05) is 0 Å². The molecule has 0 bridgehead atoms. The van der Waals surface area contributed by atoms with Crippen molar-refractivity contribution in [1.29, 1.82) is 0 Å². The van der Waals surface area contributed by atoms with E-state index in [4.69, 9.17) is 9.52 Å². The number of carboxylic acids is 1. The maximum Gasteiger partial charge on any atom is 0.371 e. The molecule has 3 rings (SSSR count). The van der Waals surface area contributed by atoms with Crippen LogP contribution in [0.25, 0.3) is 11.0 Å². The van der Waals surface area contributed by atoms with Crippen LogP contribution in [0.5, 0.6) is 0 Å². The lowest BCUT2D eigenvalue weighted by atomic mass is 9.95. The van der Waals surface area contributed by atoms with Gasteiger partial charge in [0.25, 0.3) is 0 Å². The van der Waals surface area contributed by atoms with Gasteiger partial charge in [-0.1, -0.05) is 5.57 Å². The molecule has 1 aliphatic carbocycles. The third-order valence-corrected chi connectivity index (χ3v) is 4.31. The minimum atomic E-state index is -1.09. The van der Waals surface area contributed by atoms with E-state index in [9.17, 15) is 9.59 Å². The maximum atomic E-state index is 12.6. The van der Waals surface area contributed by atoms with Gasteiger partial charge in [0.2, 0.25) is 5.76 Å². The maximum absolute atomic E-state index is 12.6. The summed E-state index contributed by atoms with van der Waals surface area (Å²) in [7, 11) is 0. The average molecular weight is 284 g/mol. The number of ketones is 1. The van der Waals surface area contributed by atoms with E-state index in [1.807, 2.05) is 27.7 Å². The molecule has 108 valence electrons. The Morgan fingerprint density at radius 3 is 2.48 bits per heavy atom. The molecule has 0 unspecified atom stereocenters. The van der Waals surface area contributed by atoms with Crippen LogP contribution in [0.1, 0.15) is 51.5 Å². The average Bonchev–Trinajstić information content (AvgIpc) is 2.97. The molecule has 1 heterocycles. The Kier molecular flexibility index (Phi) is 2.80. The molecule has 0 spiro atoms. The molecule has 1 aromatic carbocycles. The number of carboxylic acid groups (broad SMARTS) is 1. The first-order valence-electron chi connectivity index (χ1n) is 6.82. The third kappa shape index (κ3) is 1.75. The van der Waals surface area contributed by atoms with Crippen molar-refractivity contribution in [3.05, 3.63) is 45.2 Å². The van der Waals surface area contributed by atoms with Gasteiger partial charge in [0.05, 0.1) is 0 Å². The quantitative estimate of drug-likeness (QED) is 0.808. The smallest absolute Gasteiger partial charge is 0.371 e. The second-order valence-corrected chi connectivity index (χ2v) is 5.75. The lowest BCUT2D eigenvalue weighted by molar-refractivity contribution is 0.0664. The van der Waals surface area contributed by atoms with E-state index in [1.54, 1.807) is 0 Å². The molecular formula is C17H16O4. The highest BCUT2D eigenvalue weighted by Gasteiger charge is 2.32. The summed E-state index contributed by atoms with van der Waals surface area (Å²) in [6.45, 7) is 7.61. The lowest BCUT2D eigenvalue weighted by Crippen LogP contribution is -2.01. The van der Waals surface area contributed by atoms with Crippen molar-refractivity contribution >= 4 is 22.7 Å². The number of carbonyl (C=O) groups excluding carboxylic acids is 1. The molecule has 4 heteroatoms. The Bertz CT molecular complexity index is 846. The monoisotopic (exact) mass is 284 g/mol. The first-order chi connectivity index (χ1) is 9.82. The van der Waals surface area contributed by atoms with Crippen molar-refractivity contribution < 1.29 is 19.1 Å². The fraction of sp³-hybridized carbons (Fsp3) is 0.294. The van der Waals surface area contributed by atoms with Gasteiger partial charge in [-0.2, -0.15) is 0 Å². The van der Waals surface area contributed by atoms with Gasteiger partial charge >= 0.3 is 5.97 Å². The van der Waals surface area contributed by atoms with Crippen LogP contribution in [0.3, 0.4) is 0 Å². The van der Waals surface area contributed by atoms with Crippen LogP contribution >= 0.6 is 0 Å². The molecule has 1 N–H and O–H groups in total. The number of furan rings is 1. The predicted octanol–water partition coefficient (Wildman–Crippen LogP) is 3.82. The Hall–Kier alpha value is -2.36. The predicted molar refractivity (Wildman–Crippen MR) is 79.1 cm³/mol. The topological polar surface area (TPSA) is 67.5 Å². The number of hydrogen-bond donors (Lipinski definition) is 1. The van der Waals surface area contributed by atoms with Crippen molar-refractivity contribution in [2.45, 2.75) is 34.1 Å². The number of carbonyl (C=O) groups is 2. The summed E-state index contributed by atoms with van der Waals surface area (Å²) in [5, 5.41) is 9.86. The molecule has 21 heavy (non-hydrogen) atoms. The largest absolute Gasteiger partial charge is 0.475 e. The van der Waals surface area contributed by atoms with Crippen LogP contribution in [-0.2, 0) is 6.42 Å². The third-order valence-electron chi connectivity index (χ3n) is 4.31. The van der Waals surface area contributed by atoms with Crippen LogP contribution in [0.15, 0.2) is 21.6 Å². The van der Waals surface area contributed by atoms with Crippen LogP contribution < -0.4 is 0 Å². The number of aromatic carboxylic acids is 1. The number of fused-ring (bicyclic) bond motifs is 3. The van der Waals surface area contributed by atoms with Gasteiger partial charge in [-0.15, -0.1) is 0 Å². The fourth-order valence-electron chi connectivity index (χ4n) is 3.02. The van der Waals surface area contributed by atoms with Gasteiger partial charge in [-0.25, -0.2) is 4.79 Å². The van der Waals surface area contributed by atoms with Gasteiger partial charge in [-0.3, -0.25) is 4.79 Å². The van der Waals surface area contributed by atoms with E-state index in [-0.39, 0.29) is 11.5 Å². The highest BCUT2D eigenvalue weighted by atomic mass is 16.4. The van der Waals surface area contributed by atoms with E-state index >= 15 is 0 Å². The molecule has 0 aliphatic heterocycles. The van der Waals surface area contributed by atoms with Crippen LogP contribution in [0.4, 0.5) is 0 Å². The fourth-order valence-corrected chi connectivity index (χ4v) is 3.02. The summed E-state index contributed by atoms with van der Waals surface area (Å²) >= 11 is 0. The van der Waals surface area contributed by atoms with E-state index in [2.05, 4.69) is 0 Å². The van der Waals surface area contributed by atoms with Gasteiger partial charge in [0.1, 0.15) is 5.58 Å². The Balaban J connectivity index is 2.42. The molecule has 1 aromatic heterocycles. The number of Topliss-reactive ketones (excluding diaryl/α,β-unsaturated/α-hetero) is 1. The van der Waals surface area contributed by atoms with Gasteiger partial charge < -0.3 is 9.52 Å². The number of benzene rings is 1. The second kappa shape index (κ2) is 4.32. The van der Waals surface area contributed by atoms with Crippen molar-refractivity contribution in [3.8, 4) is 0 Å². The summed E-state index contributed by atoms with van der Waals surface area (Å²) in [5.41, 5.74) is 5.71. The van der Waals surface area contributed by atoms with Crippen LogP contribution in [0, 0.1) is 13.8 Å². The molecule has 0 saturated carbocycles. The normalized spacial score (nSPS) is 13.9. The van der Waals surface area contributed by atoms with Gasteiger partial charge in [0, 0.05) is 22.9 Å². The Morgan fingerprint density at radius 1 is 1.24 bits per heavy atom. The van der Waals surface area contributed by atoms with Crippen LogP contribution in [0.2, 0.25) is 0 Å². The zero-order chi connectivity index (χ0) is 15.5. The van der Waals surface area contributed by atoms with E-state index in [0.717, 1.165) is 33.2 Å². The number of hydrogen-bond acceptors (Lipinski definition) is 3. The molecule has 0 fully saturated rings. The highest BCUT2D eigenvalue weighted by molar-refractivity contribution is 6.18. The highest BCUT2D eigenvalue weighted by Crippen LogP contribution is 2.39. The van der Waals surface area contributed by atoms with E-state index in [0.29, 0.717) is 17.6 Å². The van der Waals surface area contributed by atoms with Crippen molar-refractivity contribution in [2.24, 2.45) is 0 Å². The van der Waals surface area contributed by atoms with Crippen LogP contribution in [-0.4, -0.2) is 16.9 Å². The first-order valence-corrected chi connectivity index (χ1v) is 6.82. The lowest BCUT2D eigenvalue weighted by Gasteiger charge is -2.07. The molecule has 0 radical (unpaired) electrons. The summed E-state index contributed by atoms with van der Waals surface area (Å²) < 4.78 is 5.47. The standard InChI is InChI=1S/C17H16O4/c1-7(2)10-5-11-12-6-13(17(19)20)21-16(12)9(4)8(3)14(11)15(10)18/h6H,5H2,1-4H3,(H,19,20). The number of allylic oxidation sites excluding steroid dienone is 2. The number of aryl methyl sites for hydroxylation is 1. The van der Waals surface area contributed by atoms with Crippen molar-refractivity contribution in [1.82, 2.24) is 0 Å². The summed E-state index contributed by atoms with van der Waals surface area (Å²) in [6.07, 6.45) is 0.548. The minimum Gasteiger partial charge on any atom is -0.475 e. The Morgan fingerprint density at radius 2 is 1.90 bits per heavy atom. The molecule has 2 aromatic rings. The molecular weight excluding hydrogens is 268 g/mol. The minimum absolute atomic E-state index is 0.0607. The van der Waals surface area contributed by atoms with E-state index in [1.165, 1.54) is 6.07 Å². The summed E-state index contributed by atoms with van der Waals surface area (Å²) in [6, 6.07) is 1.53. The molecule has 0 atom stereocenters. The molecule has 0 saturated heterocycles. The van der Waals surface area contributed by atoms with Gasteiger partial charge in [-0.05, 0) is 50.5 Å². The molecule has 0 amide bonds. The Labute approximate surface area is 122 Å². The first kappa shape index (κ1) is 13.6. The molecule has 4 nitrogen and oxygen atoms in total. The number of rotatable bonds is 1. The zero-order valence-corrected chi connectivity index (χ0v) is 12.5. The summed E-state index contributed by atoms with van der Waals surface area (Å²) in [5.74, 6) is -1.12. The van der Waals surface area contributed by atoms with Gasteiger partial charge in [0.15, 0.2) is 5.78 Å². The van der Waals surface area contributed by atoms with Crippen molar-refractivity contribution in [3.63, 3.8) is 0 Å². The SMILES string of the molecule is CC(C)=C1Cc2c(c(C)c(C)c3oc(C(=O)O)cc23)C1=O. The van der Waals surface area contributed by atoms with E-state index < -0.39 is 5.97 Å². The second-order valence-electron chi connectivity index (χ2n) is 5.75. The molecule has 1 aliphatic rings.